The highest BCUT2D eigenvalue weighted by molar-refractivity contribution is 5.85. The van der Waals surface area contributed by atoms with Crippen LogP contribution in [0.5, 0.6) is 0 Å². The maximum Gasteiger partial charge on any atom is 0.151 e. The molecule has 0 atom stereocenters. The van der Waals surface area contributed by atoms with Crippen molar-refractivity contribution >= 4 is 11.6 Å². The number of hydrogen-bond donors (Lipinski definition) is 2. The predicted octanol–water partition coefficient (Wildman–Crippen LogP) is 4.37. The van der Waals surface area contributed by atoms with E-state index >= 15 is 0 Å². The summed E-state index contributed by atoms with van der Waals surface area (Å²) < 4.78 is 0. The molecule has 0 aromatic heterocycles. The lowest BCUT2D eigenvalue weighted by Crippen LogP contribution is -2.42. The van der Waals surface area contributed by atoms with Crippen molar-refractivity contribution in [3.8, 4) is 0 Å². The molecular formula is C21H44N2O2. The molecule has 0 aliphatic rings. The van der Waals surface area contributed by atoms with Crippen LogP contribution in [-0.2, 0) is 9.59 Å². The first kappa shape index (κ1) is 26.5. The highest BCUT2D eigenvalue weighted by Gasteiger charge is 2.22. The van der Waals surface area contributed by atoms with E-state index < -0.39 is 0 Å². The molecule has 25 heavy (non-hydrogen) atoms. The third kappa shape index (κ3) is 17.9. The van der Waals surface area contributed by atoms with Gasteiger partial charge in [-0.25, -0.2) is 0 Å². The molecule has 0 unspecified atom stereocenters. The lowest BCUT2D eigenvalue weighted by atomic mass is 9.89. The number of Topliss-reactive ketones (excluding diaryl/α,β-unsaturated/α-hetero) is 2. The molecule has 0 bridgehead atoms. The number of nitrogens with one attached hydrogen (secondary N) is 2. The van der Waals surface area contributed by atoms with Gasteiger partial charge in [0.2, 0.25) is 0 Å². The van der Waals surface area contributed by atoms with E-state index in [1.165, 1.54) is 0 Å². The van der Waals surface area contributed by atoms with Gasteiger partial charge in [0.1, 0.15) is 5.78 Å². The van der Waals surface area contributed by atoms with Crippen LogP contribution < -0.4 is 10.6 Å². The molecule has 0 spiro atoms. The Hall–Kier alpha value is -0.740. The molecule has 0 rings (SSSR count). The Bertz CT molecular complexity index is 413. The quantitative estimate of drug-likeness (QED) is 0.768. The lowest BCUT2D eigenvalue weighted by molar-refractivity contribution is -0.126. The molecule has 0 aliphatic carbocycles. The van der Waals surface area contributed by atoms with Gasteiger partial charge in [0.25, 0.3) is 0 Å². The van der Waals surface area contributed by atoms with Gasteiger partial charge in [-0.1, -0.05) is 41.5 Å². The first-order valence-corrected chi connectivity index (χ1v) is 9.32. The van der Waals surface area contributed by atoms with Crippen molar-refractivity contribution in [2.75, 3.05) is 13.1 Å². The minimum absolute atomic E-state index is 0.0287. The summed E-state index contributed by atoms with van der Waals surface area (Å²) in [5.74, 6) is 0.585. The van der Waals surface area contributed by atoms with Crippen molar-refractivity contribution in [2.24, 2.45) is 10.8 Å². The summed E-state index contributed by atoms with van der Waals surface area (Å²) >= 11 is 0. The van der Waals surface area contributed by atoms with Gasteiger partial charge in [0.05, 0.1) is 6.54 Å². The van der Waals surface area contributed by atoms with E-state index in [0.717, 1.165) is 6.54 Å². The molecule has 150 valence electrons. The number of rotatable bonds is 5. The van der Waals surface area contributed by atoms with Crippen molar-refractivity contribution in [2.45, 2.75) is 101 Å². The fourth-order valence-electron chi connectivity index (χ4n) is 1.54. The molecule has 0 saturated carbocycles. The fourth-order valence-corrected chi connectivity index (χ4v) is 1.54. The van der Waals surface area contributed by atoms with Gasteiger partial charge in [0.15, 0.2) is 5.78 Å². The molecule has 0 radical (unpaired) electrons. The zero-order chi connectivity index (χ0) is 20.7. The van der Waals surface area contributed by atoms with E-state index in [-0.39, 0.29) is 27.7 Å². The van der Waals surface area contributed by atoms with E-state index in [1.54, 1.807) is 0 Å². The monoisotopic (exact) mass is 356 g/mol. The standard InChI is InChI=1S/C11H23NO.C10H21NO/c1-10(2,3)9(13)7-8-12-11(4,5)6;1-9(2,3)8(12)7-11-10(4,5)6/h12H,7-8H2,1-6H3;11H,7H2,1-6H3. The average Bonchev–Trinajstić information content (AvgIpc) is 2.31. The van der Waals surface area contributed by atoms with Crippen LogP contribution in [0.3, 0.4) is 0 Å². The lowest BCUT2D eigenvalue weighted by Gasteiger charge is -2.23. The zero-order valence-electron chi connectivity index (χ0n) is 18.9. The van der Waals surface area contributed by atoms with Crippen molar-refractivity contribution in [1.29, 1.82) is 0 Å². The Morgan fingerprint density at radius 3 is 1.24 bits per heavy atom. The number of hydrogen-bond acceptors (Lipinski definition) is 4. The minimum atomic E-state index is -0.224. The molecule has 0 saturated heterocycles. The van der Waals surface area contributed by atoms with Gasteiger partial charge in [-0.2, -0.15) is 0 Å². The predicted molar refractivity (Wildman–Crippen MR) is 109 cm³/mol. The van der Waals surface area contributed by atoms with E-state index in [0.29, 0.717) is 18.7 Å². The van der Waals surface area contributed by atoms with Crippen LogP contribution >= 0.6 is 0 Å². The van der Waals surface area contributed by atoms with Gasteiger partial charge >= 0.3 is 0 Å². The van der Waals surface area contributed by atoms with Gasteiger partial charge in [-0.3, -0.25) is 9.59 Å². The SMILES string of the molecule is CC(C)(C)NCC(=O)C(C)(C)C.CC(C)(C)NCCC(=O)C(C)(C)C. The molecule has 0 aromatic carbocycles. The Morgan fingerprint density at radius 1 is 0.600 bits per heavy atom. The molecule has 0 aromatic rings. The number of carbonyl (C=O) groups is 2. The van der Waals surface area contributed by atoms with Crippen molar-refractivity contribution in [1.82, 2.24) is 10.6 Å². The first-order valence-electron chi connectivity index (χ1n) is 9.32. The normalized spacial score (nSPS) is 13.1. The summed E-state index contributed by atoms with van der Waals surface area (Å²) in [4.78, 5) is 23.0. The van der Waals surface area contributed by atoms with Crippen LogP contribution in [-0.4, -0.2) is 35.7 Å². The highest BCUT2D eigenvalue weighted by atomic mass is 16.1. The minimum Gasteiger partial charge on any atom is -0.312 e. The summed E-state index contributed by atoms with van der Waals surface area (Å²) in [6.07, 6.45) is 0.626. The van der Waals surface area contributed by atoms with Crippen LogP contribution in [0.4, 0.5) is 0 Å². The van der Waals surface area contributed by atoms with E-state index in [4.69, 9.17) is 0 Å². The topological polar surface area (TPSA) is 58.2 Å². The molecule has 0 amide bonds. The fraction of sp³-hybridized carbons (Fsp3) is 0.905. The van der Waals surface area contributed by atoms with Crippen molar-refractivity contribution in [3.05, 3.63) is 0 Å². The van der Waals surface area contributed by atoms with Gasteiger partial charge in [-0.15, -0.1) is 0 Å². The largest absolute Gasteiger partial charge is 0.312 e. The summed E-state index contributed by atoms with van der Waals surface area (Å²) in [5, 5.41) is 6.48. The van der Waals surface area contributed by atoms with Crippen LogP contribution in [0, 0.1) is 10.8 Å². The van der Waals surface area contributed by atoms with E-state index in [1.807, 2.05) is 41.5 Å². The molecule has 0 fully saturated rings. The average molecular weight is 357 g/mol. The Balaban J connectivity index is 0. The summed E-state index contributed by atoms with van der Waals surface area (Å²) in [6.45, 7) is 25.5. The van der Waals surface area contributed by atoms with Crippen LogP contribution in [0.25, 0.3) is 0 Å². The Kier molecular flexibility index (Phi) is 10.4. The van der Waals surface area contributed by atoms with Gasteiger partial charge < -0.3 is 10.6 Å². The first-order chi connectivity index (χ1) is 10.8. The second-order valence-electron chi connectivity index (χ2n) is 10.9. The third-order valence-electron chi connectivity index (χ3n) is 3.46. The van der Waals surface area contributed by atoms with E-state index in [9.17, 15) is 9.59 Å². The van der Waals surface area contributed by atoms with Crippen molar-refractivity contribution < 1.29 is 9.59 Å². The molecule has 0 heterocycles. The molecular weight excluding hydrogens is 312 g/mol. The maximum atomic E-state index is 11.5. The Labute approximate surface area is 156 Å². The summed E-state index contributed by atoms with van der Waals surface area (Å²) in [7, 11) is 0. The second kappa shape index (κ2) is 9.82. The van der Waals surface area contributed by atoms with Crippen LogP contribution in [0.1, 0.15) is 89.5 Å². The molecule has 4 heteroatoms. The highest BCUT2D eigenvalue weighted by Crippen LogP contribution is 2.16. The second-order valence-corrected chi connectivity index (χ2v) is 10.9. The number of carbonyl (C=O) groups excluding carboxylic acids is 2. The van der Waals surface area contributed by atoms with Crippen LogP contribution in [0.2, 0.25) is 0 Å². The Morgan fingerprint density at radius 2 is 0.960 bits per heavy atom. The maximum absolute atomic E-state index is 11.5. The molecule has 0 aliphatic heterocycles. The number of ketones is 2. The van der Waals surface area contributed by atoms with Gasteiger partial charge in [0, 0.05) is 34.9 Å². The zero-order valence-corrected chi connectivity index (χ0v) is 18.9. The van der Waals surface area contributed by atoms with Crippen molar-refractivity contribution in [3.63, 3.8) is 0 Å². The van der Waals surface area contributed by atoms with E-state index in [2.05, 4.69) is 52.2 Å². The van der Waals surface area contributed by atoms with Gasteiger partial charge in [-0.05, 0) is 41.5 Å². The summed E-state index contributed by atoms with van der Waals surface area (Å²) in [5.41, 5.74) is -0.281. The van der Waals surface area contributed by atoms with Crippen LogP contribution in [0.15, 0.2) is 0 Å². The molecule has 2 N–H and O–H groups in total. The third-order valence-corrected chi connectivity index (χ3v) is 3.46. The summed E-state index contributed by atoms with van der Waals surface area (Å²) in [6, 6.07) is 0. The smallest absolute Gasteiger partial charge is 0.151 e. The molecule has 4 nitrogen and oxygen atoms in total.